The number of aromatic nitrogens is 2. The van der Waals surface area contributed by atoms with Crippen LogP contribution in [0, 0.1) is 5.92 Å². The monoisotopic (exact) mass is 404 g/mol. The highest BCUT2D eigenvalue weighted by atomic mass is 16.5. The lowest BCUT2D eigenvalue weighted by atomic mass is 9.95. The maximum absolute atomic E-state index is 12.7. The summed E-state index contributed by atoms with van der Waals surface area (Å²) < 4.78 is 5.07. The molecule has 2 aromatic carbocycles. The molecule has 0 spiro atoms. The van der Waals surface area contributed by atoms with E-state index in [4.69, 9.17) is 4.74 Å². The lowest BCUT2D eigenvalue weighted by molar-refractivity contribution is -0.121. The second-order valence-electron chi connectivity index (χ2n) is 8.09. The molecule has 30 heavy (non-hydrogen) atoms. The first-order chi connectivity index (χ1) is 14.7. The van der Waals surface area contributed by atoms with Crippen LogP contribution >= 0.6 is 0 Å². The first-order valence-corrected chi connectivity index (χ1v) is 10.4. The van der Waals surface area contributed by atoms with E-state index in [0.717, 1.165) is 61.1 Å². The van der Waals surface area contributed by atoms with Gasteiger partial charge < -0.3 is 15.0 Å². The van der Waals surface area contributed by atoms with E-state index in [2.05, 4.69) is 26.5 Å². The van der Waals surface area contributed by atoms with Gasteiger partial charge in [0.25, 0.3) is 0 Å². The highest BCUT2D eigenvalue weighted by Gasteiger charge is 2.25. The van der Waals surface area contributed by atoms with Crippen molar-refractivity contribution in [3.05, 3.63) is 59.3 Å². The van der Waals surface area contributed by atoms with Crippen molar-refractivity contribution < 1.29 is 14.3 Å². The highest BCUT2D eigenvalue weighted by Crippen LogP contribution is 2.23. The number of aromatic amines is 1. The molecular formula is C23H24N4O3. The number of rotatable bonds is 5. The van der Waals surface area contributed by atoms with Gasteiger partial charge in [-0.3, -0.25) is 9.89 Å². The maximum Gasteiger partial charge on any atom is 0.338 e. The van der Waals surface area contributed by atoms with Crippen LogP contribution in [0.5, 0.6) is 0 Å². The van der Waals surface area contributed by atoms with Crippen LogP contribution in [-0.4, -0.2) is 46.6 Å². The number of carbonyl (C=O) groups excluding carboxylic acids is 2. The van der Waals surface area contributed by atoms with Crippen LogP contribution in [0.2, 0.25) is 0 Å². The van der Waals surface area contributed by atoms with Crippen molar-refractivity contribution in [2.24, 2.45) is 5.92 Å². The fraction of sp³-hybridized carbons (Fsp3) is 0.348. The second kappa shape index (κ2) is 7.91. The fourth-order valence-electron chi connectivity index (χ4n) is 4.31. The molecule has 3 heterocycles. The molecule has 1 amide bonds. The number of nitrogens with zero attached hydrogens (tertiary/aromatic N) is 2. The highest BCUT2D eigenvalue weighted by molar-refractivity contribution is 5.95. The molecule has 5 rings (SSSR count). The van der Waals surface area contributed by atoms with Crippen molar-refractivity contribution in [1.82, 2.24) is 15.1 Å². The molecule has 0 bridgehead atoms. The van der Waals surface area contributed by atoms with E-state index >= 15 is 0 Å². The number of anilines is 1. The largest absolute Gasteiger partial charge is 0.457 e. The number of H-pyrrole nitrogens is 1. The molecular weight excluding hydrogens is 380 g/mol. The molecule has 1 saturated heterocycles. The molecule has 3 aromatic rings. The number of piperidine rings is 1. The minimum absolute atomic E-state index is 0.0434. The number of hydrogen-bond donors (Lipinski definition) is 2. The lowest BCUT2D eigenvalue weighted by Gasteiger charge is -2.31. The molecule has 154 valence electrons. The first kappa shape index (κ1) is 18.8. The fourth-order valence-corrected chi connectivity index (χ4v) is 4.31. The average Bonchev–Trinajstić information content (AvgIpc) is 3.38. The summed E-state index contributed by atoms with van der Waals surface area (Å²) in [6.45, 7) is 3.18. The molecule has 0 aliphatic carbocycles. The van der Waals surface area contributed by atoms with Gasteiger partial charge in [0.2, 0.25) is 5.91 Å². The van der Waals surface area contributed by atoms with Gasteiger partial charge in [0.15, 0.2) is 0 Å². The number of hydrogen-bond acceptors (Lipinski definition) is 5. The summed E-state index contributed by atoms with van der Waals surface area (Å²) >= 11 is 0. The minimum atomic E-state index is -0.221. The van der Waals surface area contributed by atoms with Gasteiger partial charge in [-0.2, -0.15) is 5.10 Å². The SMILES string of the molecule is O=C1OCc2cc(CCN3CCC(C(=O)Nc4ccc5cn[nH]c5c4)CC3)ccc21. The van der Waals surface area contributed by atoms with Crippen LogP contribution in [0.3, 0.4) is 0 Å². The van der Waals surface area contributed by atoms with Crippen molar-refractivity contribution in [1.29, 1.82) is 0 Å². The number of amides is 1. The van der Waals surface area contributed by atoms with E-state index in [1.807, 2.05) is 30.3 Å². The molecule has 0 unspecified atom stereocenters. The predicted molar refractivity (Wildman–Crippen MR) is 113 cm³/mol. The van der Waals surface area contributed by atoms with Gasteiger partial charge in [-0.05, 0) is 62.2 Å². The summed E-state index contributed by atoms with van der Waals surface area (Å²) in [7, 11) is 0. The van der Waals surface area contributed by atoms with Gasteiger partial charge in [-0.15, -0.1) is 0 Å². The number of ether oxygens (including phenoxy) is 1. The summed E-state index contributed by atoms with van der Waals surface area (Å²) in [6, 6.07) is 11.8. The van der Waals surface area contributed by atoms with E-state index in [1.165, 1.54) is 5.56 Å². The van der Waals surface area contributed by atoms with Crippen molar-refractivity contribution in [2.75, 3.05) is 25.0 Å². The molecule has 0 radical (unpaired) electrons. The van der Waals surface area contributed by atoms with Crippen molar-refractivity contribution in [2.45, 2.75) is 25.9 Å². The summed E-state index contributed by atoms with van der Waals surface area (Å²) in [5.41, 5.74) is 4.63. The summed E-state index contributed by atoms with van der Waals surface area (Å²) in [6.07, 6.45) is 4.44. The molecule has 1 aromatic heterocycles. The summed E-state index contributed by atoms with van der Waals surface area (Å²) in [5.74, 6) is -0.0833. The van der Waals surface area contributed by atoms with E-state index in [9.17, 15) is 9.59 Å². The second-order valence-corrected chi connectivity index (χ2v) is 8.09. The van der Waals surface area contributed by atoms with Crippen molar-refractivity contribution in [3.8, 4) is 0 Å². The topological polar surface area (TPSA) is 87.3 Å². The number of nitrogens with one attached hydrogen (secondary N) is 2. The Morgan fingerprint density at radius 2 is 2.07 bits per heavy atom. The Balaban J connectivity index is 1.11. The van der Waals surface area contributed by atoms with E-state index in [1.54, 1.807) is 6.20 Å². The maximum atomic E-state index is 12.7. The summed E-state index contributed by atoms with van der Waals surface area (Å²) in [4.78, 5) is 26.6. The predicted octanol–water partition coefficient (Wildman–Crippen LogP) is 3.13. The van der Waals surface area contributed by atoms with Gasteiger partial charge >= 0.3 is 5.97 Å². The zero-order valence-electron chi connectivity index (χ0n) is 16.7. The normalized spacial score (nSPS) is 17.1. The number of benzene rings is 2. The van der Waals surface area contributed by atoms with Gasteiger partial charge in [0.05, 0.1) is 17.3 Å². The standard InChI is InChI=1S/C23H24N4O3/c28-22(25-19-3-2-17-13-24-26-21(17)12-19)16-6-9-27(10-7-16)8-5-15-1-4-20-18(11-15)14-30-23(20)29/h1-4,11-13,16H,5-10,14H2,(H,24,26)(H,25,28). The Morgan fingerprint density at radius 1 is 1.20 bits per heavy atom. The zero-order chi connectivity index (χ0) is 20.5. The molecule has 0 saturated carbocycles. The Morgan fingerprint density at radius 3 is 2.93 bits per heavy atom. The van der Waals surface area contributed by atoms with Crippen LogP contribution in [0.4, 0.5) is 5.69 Å². The molecule has 2 aliphatic heterocycles. The molecule has 2 aliphatic rings. The zero-order valence-corrected chi connectivity index (χ0v) is 16.7. The van der Waals surface area contributed by atoms with Crippen molar-refractivity contribution in [3.63, 3.8) is 0 Å². The lowest BCUT2D eigenvalue weighted by Crippen LogP contribution is -2.39. The van der Waals surface area contributed by atoms with Crippen LogP contribution in [0.25, 0.3) is 10.9 Å². The van der Waals surface area contributed by atoms with Crippen LogP contribution in [0.15, 0.2) is 42.6 Å². The molecule has 2 N–H and O–H groups in total. The van der Waals surface area contributed by atoms with Crippen LogP contribution in [0.1, 0.15) is 34.3 Å². The summed E-state index contributed by atoms with van der Waals surface area (Å²) in [5, 5.41) is 11.0. The van der Waals surface area contributed by atoms with Crippen LogP contribution < -0.4 is 5.32 Å². The van der Waals surface area contributed by atoms with Gasteiger partial charge in [-0.25, -0.2) is 4.79 Å². The quantitative estimate of drug-likeness (QED) is 0.638. The van der Waals surface area contributed by atoms with E-state index in [-0.39, 0.29) is 17.8 Å². The number of carbonyl (C=O) groups is 2. The Hall–Kier alpha value is -3.19. The van der Waals surface area contributed by atoms with Crippen LogP contribution in [-0.2, 0) is 22.6 Å². The smallest absolute Gasteiger partial charge is 0.338 e. The number of esters is 1. The Bertz CT molecular complexity index is 1100. The molecule has 7 nitrogen and oxygen atoms in total. The van der Waals surface area contributed by atoms with Gasteiger partial charge in [0.1, 0.15) is 6.61 Å². The van der Waals surface area contributed by atoms with Crippen molar-refractivity contribution >= 4 is 28.5 Å². The molecule has 0 atom stereocenters. The Labute approximate surface area is 174 Å². The van der Waals surface area contributed by atoms with Gasteiger partial charge in [-0.1, -0.05) is 12.1 Å². The van der Waals surface area contributed by atoms with E-state index < -0.39 is 0 Å². The third kappa shape index (κ3) is 3.80. The Kier molecular flexibility index (Phi) is 4.96. The number of likely N-dealkylation sites (tertiary alicyclic amines) is 1. The van der Waals surface area contributed by atoms with Gasteiger partial charge in [0, 0.05) is 29.1 Å². The third-order valence-electron chi connectivity index (χ3n) is 6.13. The number of cyclic esters (lactones) is 1. The molecule has 7 heteroatoms. The first-order valence-electron chi connectivity index (χ1n) is 10.4. The number of fused-ring (bicyclic) bond motifs is 2. The third-order valence-corrected chi connectivity index (χ3v) is 6.13. The molecule has 1 fully saturated rings. The average molecular weight is 404 g/mol. The van der Waals surface area contributed by atoms with E-state index in [0.29, 0.717) is 12.2 Å². The minimum Gasteiger partial charge on any atom is -0.457 e.